The molecule has 0 fully saturated rings. The van der Waals surface area contributed by atoms with Crippen LogP contribution in [0.4, 0.5) is 0 Å². The van der Waals surface area contributed by atoms with Crippen LogP contribution in [0, 0.1) is 0 Å². The molecule has 0 bridgehead atoms. The van der Waals surface area contributed by atoms with Gasteiger partial charge in [0.05, 0.1) is 0 Å². The maximum absolute atomic E-state index is 12.8. The second-order valence-corrected chi connectivity index (χ2v) is 21.4. The number of unbranched alkanes of at least 4 members (excludes halogenated alkanes) is 33. The van der Waals surface area contributed by atoms with E-state index in [2.05, 4.69) is 73.2 Å². The summed E-state index contributed by atoms with van der Waals surface area (Å²) in [4.78, 5) is 75.8. The monoisotopic (exact) mass is 1040 g/mol. The van der Waals surface area contributed by atoms with Crippen molar-refractivity contribution in [3.63, 3.8) is 0 Å². The highest BCUT2D eigenvalue weighted by atomic mass is 27.3. The quantitative estimate of drug-likeness (QED) is 0.0305. The molecule has 0 aliphatic rings. The van der Waals surface area contributed by atoms with Gasteiger partial charge in [0, 0.05) is 19.3 Å². The van der Waals surface area contributed by atoms with E-state index in [9.17, 15) is 28.8 Å². The molecule has 0 rings (SSSR count). The van der Waals surface area contributed by atoms with E-state index in [1.165, 1.54) is 116 Å². The molecule has 13 heteroatoms. The van der Waals surface area contributed by atoms with E-state index >= 15 is 0 Å². The van der Waals surface area contributed by atoms with Crippen LogP contribution in [-0.4, -0.2) is 70.4 Å². The van der Waals surface area contributed by atoms with Gasteiger partial charge in [-0.15, -0.1) is 0 Å². The van der Waals surface area contributed by atoms with Crippen LogP contribution in [0.5, 0.6) is 0 Å². The summed E-state index contributed by atoms with van der Waals surface area (Å²) in [5, 5.41) is 7.59. The van der Waals surface area contributed by atoms with Crippen molar-refractivity contribution in [1.29, 1.82) is 0 Å². The normalized spacial score (nSPS) is 11.4. The Bertz CT molecular complexity index is 1270. The molecule has 12 nitrogen and oxygen atoms in total. The summed E-state index contributed by atoms with van der Waals surface area (Å²) in [6.07, 6.45) is 59.4. The van der Waals surface area contributed by atoms with Crippen LogP contribution in [0.15, 0.2) is 36.5 Å². The minimum Gasteiger partial charge on any atom is -0.549 e. The third kappa shape index (κ3) is 54.6. The summed E-state index contributed by atoms with van der Waals surface area (Å²) < 4.78 is 15.8. The molecule has 0 aromatic rings. The summed E-state index contributed by atoms with van der Waals surface area (Å²) in [5.41, 5.74) is 0. The van der Waals surface area contributed by atoms with Gasteiger partial charge in [-0.25, -0.2) is 0 Å². The topological polar surface area (TPSA) is 166 Å². The Morgan fingerprint density at radius 2 is 0.479 bits per heavy atom. The highest BCUT2D eigenvalue weighted by Gasteiger charge is 2.49. The molecule has 0 aromatic heterocycles. The predicted octanol–water partition coefficient (Wildman–Crippen LogP) is 15.1. The molecule has 0 unspecified atom stereocenters. The molecule has 3 N–H and O–H groups in total. The lowest BCUT2D eigenvalue weighted by Crippen LogP contribution is -2.42. The van der Waals surface area contributed by atoms with Gasteiger partial charge in [-0.2, -0.15) is 0 Å². The first kappa shape index (κ1) is 69.6. The van der Waals surface area contributed by atoms with Crippen molar-refractivity contribution >= 4 is 50.8 Å². The molecule has 0 saturated carbocycles. The molecular formula is C60H108AlN3O9. The van der Waals surface area contributed by atoms with E-state index in [0.717, 1.165) is 116 Å². The largest absolute Gasteiger partial charge is 1.20 e. The zero-order chi connectivity index (χ0) is 53.3. The second kappa shape index (κ2) is 56.3. The Labute approximate surface area is 451 Å². The summed E-state index contributed by atoms with van der Waals surface area (Å²) in [6.45, 7) is 5.23. The number of allylic oxidation sites excluding steroid dienone is 6. The molecule has 0 saturated heterocycles. The van der Waals surface area contributed by atoms with Gasteiger partial charge in [0.25, 0.3) is 17.9 Å². The van der Waals surface area contributed by atoms with E-state index in [0.29, 0.717) is 19.3 Å². The number of rotatable bonds is 54. The molecule has 0 aliphatic carbocycles. The molecule has 0 heterocycles. The first-order valence-corrected chi connectivity index (χ1v) is 31.5. The Morgan fingerprint density at radius 3 is 0.699 bits per heavy atom. The number of carbonyl (C=O) groups excluding carboxylic acids is 6. The average molecular weight is 1040 g/mol. The fourth-order valence-electron chi connectivity index (χ4n) is 8.37. The van der Waals surface area contributed by atoms with Crippen LogP contribution in [-0.2, 0) is 40.1 Å². The minimum atomic E-state index is -3.78. The minimum absolute atomic E-state index is 0.254. The van der Waals surface area contributed by atoms with E-state index in [1.54, 1.807) is 0 Å². The van der Waals surface area contributed by atoms with E-state index in [1.807, 2.05) is 0 Å². The molecule has 3 amide bonds. The predicted molar refractivity (Wildman–Crippen MR) is 301 cm³/mol. The van der Waals surface area contributed by atoms with Gasteiger partial charge in [0.1, 0.15) is 19.6 Å². The Balaban J connectivity index is 4.65. The van der Waals surface area contributed by atoms with Gasteiger partial charge in [-0.1, -0.05) is 211 Å². The second-order valence-electron chi connectivity index (χ2n) is 20.1. The van der Waals surface area contributed by atoms with E-state index in [-0.39, 0.29) is 37.0 Å². The van der Waals surface area contributed by atoms with Gasteiger partial charge in [0.2, 0.25) is 17.7 Å². The molecule has 0 radical (unpaired) electrons. The van der Waals surface area contributed by atoms with Crippen LogP contribution >= 0.6 is 0 Å². The molecule has 0 atom stereocenters. The Hall–Kier alpha value is -3.43. The molecule has 0 spiro atoms. The fraction of sp³-hybridized carbons (Fsp3) is 0.800. The van der Waals surface area contributed by atoms with Crippen LogP contribution in [0.25, 0.3) is 0 Å². The van der Waals surface area contributed by atoms with Crippen molar-refractivity contribution in [3.05, 3.63) is 36.5 Å². The average Bonchev–Trinajstić information content (AvgIpc) is 3.37. The number of carbonyl (C=O) groups is 6. The van der Waals surface area contributed by atoms with Crippen molar-refractivity contribution in [1.82, 2.24) is 16.0 Å². The van der Waals surface area contributed by atoms with Crippen LogP contribution in [0.2, 0.25) is 0 Å². The van der Waals surface area contributed by atoms with Gasteiger partial charge in [0.15, 0.2) is 0 Å². The van der Waals surface area contributed by atoms with Crippen molar-refractivity contribution in [2.24, 2.45) is 0 Å². The highest BCUT2D eigenvalue weighted by Crippen LogP contribution is 2.14. The zero-order valence-corrected chi connectivity index (χ0v) is 48.2. The molecule has 420 valence electrons. The number of hydrogen-bond donors (Lipinski definition) is 3. The molecule has 73 heavy (non-hydrogen) atoms. The van der Waals surface area contributed by atoms with Crippen molar-refractivity contribution in [2.75, 3.05) is 19.6 Å². The number of amides is 3. The van der Waals surface area contributed by atoms with E-state index < -0.39 is 52.7 Å². The van der Waals surface area contributed by atoms with Gasteiger partial charge in [-0.05, 0) is 96.3 Å². The Morgan fingerprint density at radius 1 is 0.288 bits per heavy atom. The van der Waals surface area contributed by atoms with E-state index in [4.69, 9.17) is 11.4 Å². The molecule has 0 aromatic carbocycles. The van der Waals surface area contributed by atoms with Crippen LogP contribution in [0.1, 0.15) is 290 Å². The van der Waals surface area contributed by atoms with Gasteiger partial charge in [-0.3, -0.25) is 28.8 Å². The maximum atomic E-state index is 12.8. The first-order chi connectivity index (χ1) is 35.7. The summed E-state index contributed by atoms with van der Waals surface area (Å²) in [7, 11) is 0. The van der Waals surface area contributed by atoms with Crippen molar-refractivity contribution in [2.45, 2.75) is 290 Å². The zero-order valence-electron chi connectivity index (χ0n) is 47.0. The highest BCUT2D eigenvalue weighted by molar-refractivity contribution is 6.44. The third-order valence-electron chi connectivity index (χ3n) is 13.0. The van der Waals surface area contributed by atoms with Gasteiger partial charge < -0.3 is 27.3 Å². The summed E-state index contributed by atoms with van der Waals surface area (Å²) in [5.74, 6) is -3.75. The first-order valence-electron chi connectivity index (χ1n) is 30.0. The third-order valence-corrected chi connectivity index (χ3v) is 14.3. The van der Waals surface area contributed by atoms with Crippen molar-refractivity contribution < 1.29 is 40.1 Å². The molecule has 0 aliphatic heterocycles. The lowest BCUT2D eigenvalue weighted by Gasteiger charge is -2.14. The number of hydrogen-bond acceptors (Lipinski definition) is 9. The standard InChI is InChI=1S/3C20H37NO3.Al/c3*1-2-3-4-5-6-7-8-9-10-11-12-13-14-15-16-17-19(22)21-18-20(23)24;/h3*9-10H,2-8,11-18H2,1H3,(H,21,22)(H,23,24);/q;;;+3/p-3/b3*10-9-;. The van der Waals surface area contributed by atoms with Crippen LogP contribution < -0.4 is 16.0 Å². The molecular weight excluding hydrogens is 934 g/mol. The Kier molecular flexibility index (Phi) is 53.7. The van der Waals surface area contributed by atoms with Crippen molar-refractivity contribution in [3.8, 4) is 0 Å². The lowest BCUT2D eigenvalue weighted by atomic mass is 10.1. The van der Waals surface area contributed by atoms with Crippen LogP contribution in [0.3, 0.4) is 0 Å². The lowest BCUT2D eigenvalue weighted by molar-refractivity contribution is -0.148. The SMILES string of the molecule is CCCCCCCC/C=C\CCCCCCCC(=O)NCC(=O)[O][Al]([O]C(=O)CNC(=O)CCCCCCC/C=C\CCCCCCCC)[O]C(=O)CNC(=O)CCCCCCC/C=C\CCCCCCCC. The summed E-state index contributed by atoms with van der Waals surface area (Å²) in [6, 6.07) is 0. The fourth-order valence-corrected chi connectivity index (χ4v) is 9.40. The maximum Gasteiger partial charge on any atom is 1.20 e. The number of nitrogens with one attached hydrogen (secondary N) is 3. The summed E-state index contributed by atoms with van der Waals surface area (Å²) >= 11 is -3.78. The smallest absolute Gasteiger partial charge is 0.549 e. The van der Waals surface area contributed by atoms with Gasteiger partial charge >= 0.3 is 15.1 Å².